The zero-order valence-electron chi connectivity index (χ0n) is 8.08. The lowest BCUT2D eigenvalue weighted by Gasteiger charge is -2.24. The average molecular weight is 197 g/mol. The summed E-state index contributed by atoms with van der Waals surface area (Å²) in [4.78, 5) is 22.7. The van der Waals surface area contributed by atoms with Crippen LogP contribution >= 0.6 is 0 Å². The fraction of sp³-hybridized carbons (Fsp3) is 0.800. The van der Waals surface area contributed by atoms with E-state index in [9.17, 15) is 9.59 Å². The van der Waals surface area contributed by atoms with Crippen molar-refractivity contribution in [3.05, 3.63) is 0 Å². The first kappa shape index (κ1) is 9.65. The van der Waals surface area contributed by atoms with Gasteiger partial charge in [0.2, 0.25) is 0 Å². The van der Waals surface area contributed by atoms with E-state index in [2.05, 4.69) is 5.32 Å². The van der Waals surface area contributed by atoms with E-state index in [0.717, 1.165) is 19.4 Å². The Hall–Kier alpha value is -0.900. The fourth-order valence-corrected chi connectivity index (χ4v) is 2.26. The maximum atomic E-state index is 12.0. The summed E-state index contributed by atoms with van der Waals surface area (Å²) in [6.07, 6.45) is 2.60. The van der Waals surface area contributed by atoms with Gasteiger partial charge in [-0.05, 0) is 25.8 Å². The second kappa shape index (κ2) is 3.35. The third-order valence-corrected chi connectivity index (χ3v) is 3.20. The number of carbonyl (C=O) groups excluding carboxylic acids is 1. The fourth-order valence-electron chi connectivity index (χ4n) is 2.26. The number of Topliss-reactive ketones (excluding diaryl/α,β-unsaturated/α-hetero) is 1. The van der Waals surface area contributed by atoms with Gasteiger partial charge < -0.3 is 10.4 Å². The van der Waals surface area contributed by atoms with Crippen LogP contribution in [0.1, 0.15) is 25.7 Å². The summed E-state index contributed by atoms with van der Waals surface area (Å²) in [5.74, 6) is -0.512. The molecule has 0 bridgehead atoms. The molecule has 2 aliphatic rings. The smallest absolute Gasteiger partial charge is 0.304 e. The van der Waals surface area contributed by atoms with Gasteiger partial charge in [-0.15, -0.1) is 0 Å². The quantitative estimate of drug-likeness (QED) is 0.685. The summed E-state index contributed by atoms with van der Waals surface area (Å²) >= 11 is 0. The molecule has 4 nitrogen and oxygen atoms in total. The molecule has 0 aromatic heterocycles. The molecule has 14 heavy (non-hydrogen) atoms. The number of hydrogen-bond donors (Lipinski definition) is 2. The molecular weight excluding hydrogens is 182 g/mol. The lowest BCUT2D eigenvalue weighted by molar-refractivity contribution is -0.144. The van der Waals surface area contributed by atoms with Crippen LogP contribution < -0.4 is 5.32 Å². The van der Waals surface area contributed by atoms with Gasteiger partial charge in [0.05, 0.1) is 11.8 Å². The Morgan fingerprint density at radius 2 is 2.14 bits per heavy atom. The van der Waals surface area contributed by atoms with E-state index in [0.29, 0.717) is 13.0 Å². The molecule has 0 unspecified atom stereocenters. The average Bonchev–Trinajstić information content (AvgIpc) is 2.86. The van der Waals surface area contributed by atoms with Crippen LogP contribution in [0.25, 0.3) is 0 Å². The van der Waals surface area contributed by atoms with Gasteiger partial charge in [0, 0.05) is 12.5 Å². The standard InChI is InChI=1S/C10H15NO3/c12-8(13)5-10(3-4-11-6-10)9(14)7-1-2-7/h7,11H,1-6H2,(H,12,13)/t10-/m1/s1. The van der Waals surface area contributed by atoms with Crippen molar-refractivity contribution in [3.8, 4) is 0 Å². The first-order chi connectivity index (χ1) is 6.64. The van der Waals surface area contributed by atoms with Gasteiger partial charge in [-0.3, -0.25) is 9.59 Å². The van der Waals surface area contributed by atoms with E-state index in [4.69, 9.17) is 5.11 Å². The number of carboxylic acid groups (broad SMARTS) is 1. The van der Waals surface area contributed by atoms with Crippen LogP contribution in [-0.2, 0) is 9.59 Å². The van der Waals surface area contributed by atoms with Gasteiger partial charge >= 0.3 is 5.97 Å². The van der Waals surface area contributed by atoms with E-state index in [1.54, 1.807) is 0 Å². The van der Waals surface area contributed by atoms with Gasteiger partial charge in [-0.2, -0.15) is 0 Å². The second-order valence-corrected chi connectivity index (χ2v) is 4.42. The zero-order chi connectivity index (χ0) is 10.2. The second-order valence-electron chi connectivity index (χ2n) is 4.42. The molecule has 1 saturated heterocycles. The molecule has 0 aromatic rings. The maximum Gasteiger partial charge on any atom is 0.304 e. The number of rotatable bonds is 4. The van der Waals surface area contributed by atoms with Crippen LogP contribution in [0.15, 0.2) is 0 Å². The SMILES string of the molecule is O=C(O)C[C@]1(C(=O)C2CC2)CCNC1. The molecule has 1 atom stereocenters. The highest BCUT2D eigenvalue weighted by molar-refractivity contribution is 5.92. The van der Waals surface area contributed by atoms with Crippen molar-refractivity contribution < 1.29 is 14.7 Å². The Morgan fingerprint density at radius 3 is 2.57 bits per heavy atom. The molecule has 0 radical (unpaired) electrons. The monoisotopic (exact) mass is 197 g/mol. The molecule has 1 saturated carbocycles. The first-order valence-corrected chi connectivity index (χ1v) is 5.11. The Morgan fingerprint density at radius 1 is 1.43 bits per heavy atom. The van der Waals surface area contributed by atoms with Crippen LogP contribution in [0, 0.1) is 11.3 Å². The summed E-state index contributed by atoms with van der Waals surface area (Å²) in [6, 6.07) is 0. The van der Waals surface area contributed by atoms with Crippen molar-refractivity contribution >= 4 is 11.8 Å². The van der Waals surface area contributed by atoms with Crippen LogP contribution in [-0.4, -0.2) is 29.9 Å². The summed E-state index contributed by atoms with van der Waals surface area (Å²) in [5.41, 5.74) is -0.590. The Kier molecular flexibility index (Phi) is 2.31. The van der Waals surface area contributed by atoms with Crippen LogP contribution in [0.5, 0.6) is 0 Å². The molecule has 0 amide bonds. The van der Waals surface area contributed by atoms with Gasteiger partial charge in [0.15, 0.2) is 0 Å². The van der Waals surface area contributed by atoms with Gasteiger partial charge in [-0.1, -0.05) is 0 Å². The van der Waals surface area contributed by atoms with Crippen molar-refractivity contribution in [2.45, 2.75) is 25.7 Å². The predicted molar refractivity (Wildman–Crippen MR) is 49.9 cm³/mol. The van der Waals surface area contributed by atoms with Gasteiger partial charge in [-0.25, -0.2) is 0 Å². The molecule has 0 aromatic carbocycles. The molecule has 1 aliphatic carbocycles. The number of aliphatic carboxylic acids is 1. The highest BCUT2D eigenvalue weighted by Gasteiger charge is 2.48. The van der Waals surface area contributed by atoms with Crippen molar-refractivity contribution in [1.29, 1.82) is 0 Å². The van der Waals surface area contributed by atoms with Crippen LogP contribution in [0.4, 0.5) is 0 Å². The van der Waals surface area contributed by atoms with Crippen LogP contribution in [0.2, 0.25) is 0 Å². The van der Waals surface area contributed by atoms with Crippen molar-refractivity contribution in [3.63, 3.8) is 0 Å². The molecule has 2 rings (SSSR count). The minimum atomic E-state index is -0.859. The van der Waals surface area contributed by atoms with Crippen molar-refractivity contribution in [2.24, 2.45) is 11.3 Å². The van der Waals surface area contributed by atoms with Crippen molar-refractivity contribution in [2.75, 3.05) is 13.1 Å². The molecule has 1 heterocycles. The highest BCUT2D eigenvalue weighted by atomic mass is 16.4. The number of carbonyl (C=O) groups is 2. The lowest BCUT2D eigenvalue weighted by Crippen LogP contribution is -2.36. The first-order valence-electron chi connectivity index (χ1n) is 5.11. The molecule has 2 N–H and O–H groups in total. The Balaban J connectivity index is 2.11. The van der Waals surface area contributed by atoms with E-state index >= 15 is 0 Å². The van der Waals surface area contributed by atoms with Crippen LogP contribution in [0.3, 0.4) is 0 Å². The van der Waals surface area contributed by atoms with Gasteiger partial charge in [0.1, 0.15) is 5.78 Å². The zero-order valence-corrected chi connectivity index (χ0v) is 8.08. The third kappa shape index (κ3) is 1.66. The molecule has 2 fully saturated rings. The minimum Gasteiger partial charge on any atom is -0.481 e. The molecule has 78 valence electrons. The topological polar surface area (TPSA) is 66.4 Å². The van der Waals surface area contributed by atoms with E-state index < -0.39 is 11.4 Å². The van der Waals surface area contributed by atoms with E-state index in [-0.39, 0.29) is 18.1 Å². The largest absolute Gasteiger partial charge is 0.481 e. The van der Waals surface area contributed by atoms with E-state index in [1.165, 1.54) is 0 Å². The summed E-state index contributed by atoms with van der Waals surface area (Å²) in [5, 5.41) is 11.9. The predicted octanol–water partition coefficient (Wildman–Crippen LogP) is 0.420. The number of hydrogen-bond acceptors (Lipinski definition) is 3. The Bertz CT molecular complexity index is 265. The Labute approximate surface area is 82.7 Å². The van der Waals surface area contributed by atoms with Crippen molar-refractivity contribution in [1.82, 2.24) is 5.32 Å². The molecule has 4 heteroatoms. The molecular formula is C10H15NO3. The summed E-state index contributed by atoms with van der Waals surface area (Å²) in [7, 11) is 0. The summed E-state index contributed by atoms with van der Waals surface area (Å²) < 4.78 is 0. The lowest BCUT2D eigenvalue weighted by atomic mass is 9.77. The third-order valence-electron chi connectivity index (χ3n) is 3.20. The number of nitrogens with one attached hydrogen (secondary N) is 1. The molecule has 1 aliphatic heterocycles. The normalized spacial score (nSPS) is 31.7. The van der Waals surface area contributed by atoms with Gasteiger partial charge in [0.25, 0.3) is 0 Å². The number of carboxylic acids is 1. The highest BCUT2D eigenvalue weighted by Crippen LogP contribution is 2.41. The number of ketones is 1. The minimum absolute atomic E-state index is 0.00463. The van der Waals surface area contributed by atoms with E-state index in [1.807, 2.05) is 0 Å². The summed E-state index contributed by atoms with van der Waals surface area (Å²) in [6.45, 7) is 1.32. The molecule has 0 spiro atoms. The maximum absolute atomic E-state index is 12.0.